The highest BCUT2D eigenvalue weighted by molar-refractivity contribution is 5.84. The molecule has 0 aliphatic carbocycles. The Kier molecular flexibility index (Phi) is 2.74. The second-order valence-corrected chi connectivity index (χ2v) is 5.50. The number of hydrogen-bond acceptors (Lipinski definition) is 1. The van der Waals surface area contributed by atoms with Crippen molar-refractivity contribution in [2.45, 2.75) is 26.4 Å². The first-order chi connectivity index (χ1) is 7.90. The summed E-state index contributed by atoms with van der Waals surface area (Å²) in [5.41, 5.74) is 5.27. The number of aromatic nitrogens is 1. The van der Waals surface area contributed by atoms with Gasteiger partial charge in [0.05, 0.1) is 0 Å². The minimum atomic E-state index is -1.52. The Hall–Kier alpha value is -1.35. The third-order valence-electron chi connectivity index (χ3n) is 3.49. The van der Waals surface area contributed by atoms with E-state index in [0.717, 1.165) is 10.9 Å². The maximum Gasteiger partial charge on any atom is 0.153 e. The molecule has 1 atom stereocenters. The molecule has 2 nitrogen and oxygen atoms in total. The molecule has 17 heavy (non-hydrogen) atoms. The molecule has 0 amide bonds. The zero-order valence-corrected chi connectivity index (χ0v) is 10.5. The van der Waals surface area contributed by atoms with Crippen LogP contribution in [0.1, 0.15) is 26.3 Å². The van der Waals surface area contributed by atoms with Crippen LogP contribution < -0.4 is 5.73 Å². The first-order valence-corrected chi connectivity index (χ1v) is 5.86. The number of rotatable bonds is 2. The normalized spacial score (nSPS) is 16.1. The Bertz CT molecular complexity index is 524. The van der Waals surface area contributed by atoms with Gasteiger partial charge in [0.25, 0.3) is 0 Å². The van der Waals surface area contributed by atoms with E-state index in [2.05, 4.69) is 4.98 Å². The van der Waals surface area contributed by atoms with E-state index in [1.54, 1.807) is 0 Å². The predicted molar refractivity (Wildman–Crippen MR) is 69.6 cm³/mol. The van der Waals surface area contributed by atoms with Crippen LogP contribution in [0.25, 0.3) is 10.9 Å². The third kappa shape index (κ3) is 1.75. The fourth-order valence-electron chi connectivity index (χ4n) is 2.25. The van der Waals surface area contributed by atoms with Crippen molar-refractivity contribution in [1.29, 1.82) is 0 Å². The Morgan fingerprint density at radius 2 is 1.94 bits per heavy atom. The van der Waals surface area contributed by atoms with E-state index in [9.17, 15) is 0 Å². The lowest BCUT2D eigenvalue weighted by Crippen LogP contribution is -2.42. The van der Waals surface area contributed by atoms with E-state index in [1.165, 1.54) is 0 Å². The number of nitrogens with two attached hydrogens (primary N) is 1. The number of aromatic amines is 1. The standard InChI is InChI=1S/C14H19FN2/c1-13(2,3)14(15,9-16)11-5-4-6-12-10(11)7-8-17-12/h4-8,17H,9,16H2,1-3H3. The number of halogens is 1. The number of fused-ring (bicyclic) bond motifs is 1. The largest absolute Gasteiger partial charge is 0.361 e. The van der Waals surface area contributed by atoms with Crippen LogP contribution in [-0.4, -0.2) is 11.5 Å². The molecule has 3 N–H and O–H groups in total. The minimum Gasteiger partial charge on any atom is -0.361 e. The molecule has 1 heterocycles. The third-order valence-corrected chi connectivity index (χ3v) is 3.49. The summed E-state index contributed by atoms with van der Waals surface area (Å²) in [6.45, 7) is 5.63. The molecule has 0 aliphatic heterocycles. The molecule has 0 saturated carbocycles. The van der Waals surface area contributed by atoms with Crippen LogP contribution in [0, 0.1) is 5.41 Å². The summed E-state index contributed by atoms with van der Waals surface area (Å²) in [7, 11) is 0. The molecular weight excluding hydrogens is 215 g/mol. The molecule has 2 aromatic rings. The highest BCUT2D eigenvalue weighted by Crippen LogP contribution is 2.44. The molecule has 1 unspecified atom stereocenters. The fourth-order valence-corrected chi connectivity index (χ4v) is 2.25. The molecule has 0 radical (unpaired) electrons. The van der Waals surface area contributed by atoms with Gasteiger partial charge in [-0.05, 0) is 12.1 Å². The average molecular weight is 234 g/mol. The molecule has 92 valence electrons. The van der Waals surface area contributed by atoms with Crippen LogP contribution in [0.3, 0.4) is 0 Å². The van der Waals surface area contributed by atoms with E-state index in [-0.39, 0.29) is 6.54 Å². The molecule has 0 bridgehead atoms. The maximum atomic E-state index is 15.2. The van der Waals surface area contributed by atoms with Crippen molar-refractivity contribution >= 4 is 10.9 Å². The number of alkyl halides is 1. The Morgan fingerprint density at radius 1 is 1.24 bits per heavy atom. The molecule has 2 rings (SSSR count). The van der Waals surface area contributed by atoms with Crippen molar-refractivity contribution in [2.75, 3.05) is 6.54 Å². The summed E-state index contributed by atoms with van der Waals surface area (Å²) in [6, 6.07) is 7.54. The van der Waals surface area contributed by atoms with Crippen LogP contribution in [0.4, 0.5) is 4.39 Å². The van der Waals surface area contributed by atoms with Crippen molar-refractivity contribution < 1.29 is 4.39 Å². The Labute approximate surface area is 101 Å². The summed E-state index contributed by atoms with van der Waals surface area (Å²) in [5, 5.41) is 0.912. The van der Waals surface area contributed by atoms with E-state index >= 15 is 4.39 Å². The van der Waals surface area contributed by atoms with Crippen molar-refractivity contribution in [3.05, 3.63) is 36.0 Å². The predicted octanol–water partition coefficient (Wildman–Crippen LogP) is 3.34. The molecular formula is C14H19FN2. The second kappa shape index (κ2) is 3.84. The van der Waals surface area contributed by atoms with Gasteiger partial charge in [-0.1, -0.05) is 32.9 Å². The molecule has 0 spiro atoms. The molecule has 1 aromatic heterocycles. The average Bonchev–Trinajstić information content (AvgIpc) is 2.73. The van der Waals surface area contributed by atoms with Gasteiger partial charge < -0.3 is 10.7 Å². The number of nitrogens with one attached hydrogen (secondary N) is 1. The van der Waals surface area contributed by atoms with Gasteiger partial charge in [0, 0.05) is 34.6 Å². The summed E-state index contributed by atoms with van der Waals surface area (Å²) >= 11 is 0. The summed E-state index contributed by atoms with van der Waals surface area (Å²) in [5.74, 6) is 0. The van der Waals surface area contributed by atoms with Gasteiger partial charge in [-0.3, -0.25) is 0 Å². The molecule has 0 aliphatic rings. The van der Waals surface area contributed by atoms with Crippen LogP contribution >= 0.6 is 0 Å². The van der Waals surface area contributed by atoms with Crippen LogP contribution in [0.2, 0.25) is 0 Å². The lowest BCUT2D eigenvalue weighted by Gasteiger charge is -2.37. The van der Waals surface area contributed by atoms with Gasteiger partial charge >= 0.3 is 0 Å². The first-order valence-electron chi connectivity index (χ1n) is 5.86. The van der Waals surface area contributed by atoms with Crippen molar-refractivity contribution in [3.63, 3.8) is 0 Å². The fraction of sp³-hybridized carbons (Fsp3) is 0.429. The smallest absolute Gasteiger partial charge is 0.153 e. The lowest BCUT2D eigenvalue weighted by atomic mass is 9.73. The molecule has 1 aromatic carbocycles. The van der Waals surface area contributed by atoms with E-state index in [4.69, 9.17) is 5.73 Å². The molecule has 0 saturated heterocycles. The van der Waals surface area contributed by atoms with Crippen molar-refractivity contribution in [1.82, 2.24) is 4.98 Å². The Balaban J connectivity index is 2.70. The topological polar surface area (TPSA) is 41.8 Å². The number of H-pyrrole nitrogens is 1. The summed E-state index contributed by atoms with van der Waals surface area (Å²) in [4.78, 5) is 3.10. The quantitative estimate of drug-likeness (QED) is 0.822. The lowest BCUT2D eigenvalue weighted by molar-refractivity contribution is 0.0358. The van der Waals surface area contributed by atoms with E-state index in [1.807, 2.05) is 51.2 Å². The highest BCUT2D eigenvalue weighted by atomic mass is 19.1. The maximum absolute atomic E-state index is 15.2. The Morgan fingerprint density at radius 3 is 2.53 bits per heavy atom. The SMILES string of the molecule is CC(C)(C)C(F)(CN)c1cccc2[nH]ccc12. The van der Waals surface area contributed by atoms with Gasteiger partial charge in [-0.25, -0.2) is 4.39 Å². The zero-order chi connectivity index (χ0) is 12.7. The minimum absolute atomic E-state index is 0.0131. The summed E-state index contributed by atoms with van der Waals surface area (Å²) in [6.07, 6.45) is 1.83. The molecule has 0 fully saturated rings. The van der Waals surface area contributed by atoms with Gasteiger partial charge in [0.2, 0.25) is 0 Å². The van der Waals surface area contributed by atoms with Crippen LogP contribution in [0.15, 0.2) is 30.5 Å². The number of hydrogen-bond donors (Lipinski definition) is 2. The monoisotopic (exact) mass is 234 g/mol. The highest BCUT2D eigenvalue weighted by Gasteiger charge is 2.43. The van der Waals surface area contributed by atoms with Crippen molar-refractivity contribution in [3.8, 4) is 0 Å². The number of benzene rings is 1. The van der Waals surface area contributed by atoms with Crippen LogP contribution in [-0.2, 0) is 5.67 Å². The first kappa shape index (κ1) is 12.1. The van der Waals surface area contributed by atoms with Gasteiger partial charge in [0.15, 0.2) is 5.67 Å². The second-order valence-electron chi connectivity index (χ2n) is 5.50. The van der Waals surface area contributed by atoms with Gasteiger partial charge in [0.1, 0.15) is 0 Å². The van der Waals surface area contributed by atoms with Crippen LogP contribution in [0.5, 0.6) is 0 Å². The zero-order valence-electron chi connectivity index (χ0n) is 10.5. The van der Waals surface area contributed by atoms with E-state index < -0.39 is 11.1 Å². The van der Waals surface area contributed by atoms with Gasteiger partial charge in [-0.15, -0.1) is 0 Å². The van der Waals surface area contributed by atoms with Crippen molar-refractivity contribution in [2.24, 2.45) is 11.1 Å². The van der Waals surface area contributed by atoms with E-state index in [0.29, 0.717) is 5.56 Å². The molecule has 3 heteroatoms. The summed E-state index contributed by atoms with van der Waals surface area (Å²) < 4.78 is 15.2. The van der Waals surface area contributed by atoms with Gasteiger partial charge in [-0.2, -0.15) is 0 Å².